The SMILES string of the molecule is CCOC(=O)c1c(C(C)C)nc(OC)c(C(O[Si](C)C)C(C)(C)C)c1-c1ccc(F)cc1. The van der Waals surface area contributed by atoms with Crippen molar-refractivity contribution in [2.24, 2.45) is 5.41 Å². The molecule has 0 aliphatic carbocycles. The molecule has 1 unspecified atom stereocenters. The Morgan fingerprint density at radius 3 is 2.19 bits per heavy atom. The van der Waals surface area contributed by atoms with Crippen LogP contribution in [0.1, 0.15) is 75.2 Å². The van der Waals surface area contributed by atoms with E-state index in [2.05, 4.69) is 33.9 Å². The van der Waals surface area contributed by atoms with Gasteiger partial charge in [-0.1, -0.05) is 46.8 Å². The van der Waals surface area contributed by atoms with E-state index in [1.165, 1.54) is 12.1 Å². The lowest BCUT2D eigenvalue weighted by Gasteiger charge is -2.35. The molecule has 1 aromatic carbocycles. The van der Waals surface area contributed by atoms with Gasteiger partial charge in [-0.2, -0.15) is 0 Å². The van der Waals surface area contributed by atoms with Gasteiger partial charge in [0.15, 0.2) is 0 Å². The third kappa shape index (κ3) is 5.75. The average molecular weight is 461 g/mol. The number of carbonyl (C=O) groups is 1. The molecule has 0 saturated heterocycles. The standard InChI is InChI=1S/C25H35FNO4Si/c1-10-30-24(28)19-18(16-11-13-17(26)14-12-16)20(22(25(4,5)6)31-32(8)9)23(29-7)27-21(19)15(2)3/h11-15,22H,10H2,1-9H3. The highest BCUT2D eigenvalue weighted by Crippen LogP contribution is 2.47. The second-order valence-corrected chi connectivity index (χ2v) is 11.4. The van der Waals surface area contributed by atoms with Gasteiger partial charge < -0.3 is 13.9 Å². The molecule has 5 nitrogen and oxygen atoms in total. The molecular weight excluding hydrogens is 425 g/mol. The number of rotatable bonds is 8. The largest absolute Gasteiger partial charge is 0.481 e. The maximum atomic E-state index is 13.8. The van der Waals surface area contributed by atoms with Gasteiger partial charge in [-0.15, -0.1) is 0 Å². The van der Waals surface area contributed by atoms with Crippen LogP contribution in [0, 0.1) is 11.2 Å². The van der Waals surface area contributed by atoms with Crippen LogP contribution < -0.4 is 4.74 Å². The smallest absolute Gasteiger partial charge is 0.340 e. The third-order valence-electron chi connectivity index (χ3n) is 4.98. The molecule has 0 saturated carbocycles. The van der Waals surface area contributed by atoms with Crippen molar-refractivity contribution >= 4 is 15.0 Å². The first kappa shape index (κ1) is 26.0. The minimum absolute atomic E-state index is 0.0671. The molecule has 0 aliphatic heterocycles. The summed E-state index contributed by atoms with van der Waals surface area (Å²) in [4.78, 5) is 18.0. The molecule has 0 aliphatic rings. The minimum atomic E-state index is -1.12. The number of hydrogen-bond donors (Lipinski definition) is 0. The van der Waals surface area contributed by atoms with Gasteiger partial charge in [0, 0.05) is 5.56 Å². The molecule has 1 atom stereocenters. The summed E-state index contributed by atoms with van der Waals surface area (Å²) in [5.74, 6) is -0.473. The Hall–Kier alpha value is -2.25. The van der Waals surface area contributed by atoms with Crippen molar-refractivity contribution in [1.29, 1.82) is 0 Å². The lowest BCUT2D eigenvalue weighted by Crippen LogP contribution is -2.28. The Morgan fingerprint density at radius 2 is 1.75 bits per heavy atom. The van der Waals surface area contributed by atoms with Gasteiger partial charge >= 0.3 is 5.97 Å². The number of halogens is 1. The van der Waals surface area contributed by atoms with Crippen molar-refractivity contribution in [1.82, 2.24) is 4.98 Å². The molecule has 0 fully saturated rings. The third-order valence-corrected chi connectivity index (χ3v) is 5.69. The van der Waals surface area contributed by atoms with E-state index in [1.54, 1.807) is 26.2 Å². The van der Waals surface area contributed by atoms with Crippen LogP contribution in [0.15, 0.2) is 24.3 Å². The molecular formula is C25H35FNO4Si. The van der Waals surface area contributed by atoms with Crippen LogP contribution >= 0.6 is 0 Å². The fourth-order valence-corrected chi connectivity index (χ4v) is 4.59. The summed E-state index contributed by atoms with van der Waals surface area (Å²) in [6, 6.07) is 6.11. The zero-order valence-electron chi connectivity index (χ0n) is 20.6. The number of methoxy groups -OCH3 is 1. The number of ether oxygens (including phenoxy) is 2. The molecule has 32 heavy (non-hydrogen) atoms. The van der Waals surface area contributed by atoms with Crippen molar-refractivity contribution in [3.8, 4) is 17.0 Å². The molecule has 1 radical (unpaired) electrons. The highest BCUT2D eigenvalue weighted by Gasteiger charge is 2.37. The predicted octanol–water partition coefficient (Wildman–Crippen LogP) is 6.55. The quantitative estimate of drug-likeness (QED) is 0.330. The van der Waals surface area contributed by atoms with Crippen molar-refractivity contribution in [3.63, 3.8) is 0 Å². The van der Waals surface area contributed by atoms with Gasteiger partial charge in [0.2, 0.25) is 14.9 Å². The van der Waals surface area contributed by atoms with E-state index in [0.29, 0.717) is 33.8 Å². The fourth-order valence-electron chi connectivity index (χ4n) is 3.64. The highest BCUT2D eigenvalue weighted by atomic mass is 28.3. The van der Waals surface area contributed by atoms with E-state index < -0.39 is 21.1 Å². The molecule has 1 aromatic heterocycles. The van der Waals surface area contributed by atoms with E-state index >= 15 is 0 Å². The first-order chi connectivity index (χ1) is 14.9. The molecule has 1 heterocycles. The van der Waals surface area contributed by atoms with Gasteiger partial charge in [-0.05, 0) is 49.0 Å². The van der Waals surface area contributed by atoms with Crippen LogP contribution in [0.25, 0.3) is 11.1 Å². The van der Waals surface area contributed by atoms with Gasteiger partial charge in [-0.3, -0.25) is 0 Å². The van der Waals surface area contributed by atoms with E-state index in [0.717, 1.165) is 0 Å². The van der Waals surface area contributed by atoms with Gasteiger partial charge in [0.05, 0.1) is 36.6 Å². The molecule has 0 spiro atoms. The monoisotopic (exact) mass is 460 g/mol. The van der Waals surface area contributed by atoms with Crippen molar-refractivity contribution in [2.45, 2.75) is 66.7 Å². The molecule has 0 N–H and O–H groups in total. The predicted molar refractivity (Wildman–Crippen MR) is 127 cm³/mol. The van der Waals surface area contributed by atoms with Gasteiger partial charge in [0.1, 0.15) is 5.82 Å². The Labute approximate surface area is 193 Å². The second kappa shape index (κ2) is 10.6. The summed E-state index contributed by atoms with van der Waals surface area (Å²) < 4.78 is 31.5. The first-order valence-electron chi connectivity index (χ1n) is 10.9. The van der Waals surface area contributed by atoms with E-state index in [1.807, 2.05) is 13.8 Å². The maximum absolute atomic E-state index is 13.8. The van der Waals surface area contributed by atoms with Crippen molar-refractivity contribution in [2.75, 3.05) is 13.7 Å². The molecule has 7 heteroatoms. The summed E-state index contributed by atoms with van der Waals surface area (Å²) in [6.07, 6.45) is -0.400. The Morgan fingerprint density at radius 1 is 1.16 bits per heavy atom. The lowest BCUT2D eigenvalue weighted by atomic mass is 9.80. The molecule has 2 rings (SSSR count). The van der Waals surface area contributed by atoms with Gasteiger partial charge in [0.25, 0.3) is 0 Å². The number of benzene rings is 1. The minimum Gasteiger partial charge on any atom is -0.481 e. The lowest BCUT2D eigenvalue weighted by molar-refractivity contribution is 0.0522. The molecule has 2 aromatic rings. The Balaban J connectivity index is 3.08. The Kier molecular flexibility index (Phi) is 8.59. The number of carbonyl (C=O) groups excluding carboxylic acids is 1. The number of esters is 1. The number of pyridine rings is 1. The first-order valence-corrected chi connectivity index (χ1v) is 13.3. The van der Waals surface area contributed by atoms with Crippen LogP contribution in [0.3, 0.4) is 0 Å². The Bertz CT molecular complexity index is 936. The van der Waals surface area contributed by atoms with Crippen molar-refractivity contribution in [3.05, 3.63) is 46.9 Å². The normalized spacial score (nSPS) is 12.9. The summed E-state index contributed by atoms with van der Waals surface area (Å²) in [5.41, 5.74) is 2.63. The van der Waals surface area contributed by atoms with Crippen LogP contribution in [-0.4, -0.2) is 33.7 Å². The average Bonchev–Trinajstić information content (AvgIpc) is 2.70. The fraction of sp³-hybridized carbons (Fsp3) is 0.520. The highest BCUT2D eigenvalue weighted by molar-refractivity contribution is 6.48. The zero-order valence-corrected chi connectivity index (χ0v) is 21.6. The van der Waals surface area contributed by atoms with E-state index in [4.69, 9.17) is 18.9 Å². The summed E-state index contributed by atoms with van der Waals surface area (Å²) in [6.45, 7) is 16.3. The zero-order chi connectivity index (χ0) is 24.2. The second-order valence-electron chi connectivity index (χ2n) is 9.32. The van der Waals surface area contributed by atoms with E-state index in [-0.39, 0.29) is 23.8 Å². The maximum Gasteiger partial charge on any atom is 0.340 e. The number of hydrogen-bond acceptors (Lipinski definition) is 5. The van der Waals surface area contributed by atoms with Crippen LogP contribution in [0.5, 0.6) is 5.88 Å². The molecule has 0 amide bonds. The summed E-state index contributed by atoms with van der Waals surface area (Å²) in [5, 5.41) is 0. The molecule has 175 valence electrons. The summed E-state index contributed by atoms with van der Waals surface area (Å²) in [7, 11) is 0.447. The summed E-state index contributed by atoms with van der Waals surface area (Å²) >= 11 is 0. The van der Waals surface area contributed by atoms with Crippen molar-refractivity contribution < 1.29 is 23.1 Å². The number of nitrogens with zero attached hydrogens (tertiary/aromatic N) is 1. The molecule has 0 bridgehead atoms. The van der Waals surface area contributed by atoms with Crippen LogP contribution in [0.2, 0.25) is 13.1 Å². The topological polar surface area (TPSA) is 57.7 Å². The van der Waals surface area contributed by atoms with Crippen LogP contribution in [0.4, 0.5) is 4.39 Å². The number of aromatic nitrogens is 1. The van der Waals surface area contributed by atoms with E-state index in [9.17, 15) is 9.18 Å². The van der Waals surface area contributed by atoms with Crippen LogP contribution in [-0.2, 0) is 9.16 Å². The van der Waals surface area contributed by atoms with Gasteiger partial charge in [-0.25, -0.2) is 14.2 Å².